The summed E-state index contributed by atoms with van der Waals surface area (Å²) in [7, 11) is 1.88. The third kappa shape index (κ3) is 3.83. The average Bonchev–Trinajstić information content (AvgIpc) is 2.42. The van der Waals surface area contributed by atoms with Crippen LogP contribution < -0.4 is 0 Å². The van der Waals surface area contributed by atoms with Gasteiger partial charge in [0.25, 0.3) is 0 Å². The maximum Gasteiger partial charge on any atom is 0.176 e. The molecule has 0 radical (unpaired) electrons. The highest BCUT2D eigenvalue weighted by Gasteiger charge is 2.10. The highest BCUT2D eigenvalue weighted by atomic mass is 35.5. The van der Waals surface area contributed by atoms with Gasteiger partial charge < -0.3 is 5.11 Å². The molecule has 3 nitrogen and oxygen atoms in total. The molecule has 1 N–H and O–H groups in total. The molecule has 0 heterocycles. The van der Waals surface area contributed by atoms with Crippen molar-refractivity contribution in [2.75, 3.05) is 13.6 Å². The van der Waals surface area contributed by atoms with E-state index < -0.39 is 0 Å². The predicted molar refractivity (Wildman–Crippen MR) is 80.2 cm³/mol. The van der Waals surface area contributed by atoms with E-state index in [-0.39, 0.29) is 11.5 Å². The summed E-state index contributed by atoms with van der Waals surface area (Å²) in [6, 6.07) is 13.9. The van der Waals surface area contributed by atoms with Gasteiger partial charge in [0.1, 0.15) is 5.75 Å². The zero-order valence-electron chi connectivity index (χ0n) is 11.2. The van der Waals surface area contributed by atoms with E-state index in [0.29, 0.717) is 23.7 Å². The van der Waals surface area contributed by atoms with Gasteiger partial charge in [-0.3, -0.25) is 9.69 Å². The number of aromatic hydroxyl groups is 1. The molecule has 104 valence electrons. The van der Waals surface area contributed by atoms with Gasteiger partial charge in [-0.05, 0) is 42.9 Å². The summed E-state index contributed by atoms with van der Waals surface area (Å²) >= 11 is 6.10. The summed E-state index contributed by atoms with van der Waals surface area (Å²) in [4.78, 5) is 14.0. The summed E-state index contributed by atoms with van der Waals surface area (Å²) in [6.45, 7) is 0.916. The van der Waals surface area contributed by atoms with Crippen LogP contribution in [0.1, 0.15) is 15.9 Å². The van der Waals surface area contributed by atoms with Crippen molar-refractivity contribution in [2.24, 2.45) is 0 Å². The Labute approximate surface area is 123 Å². The molecule has 0 atom stereocenters. The Kier molecular flexibility index (Phi) is 4.77. The minimum absolute atomic E-state index is 0.0135. The van der Waals surface area contributed by atoms with Gasteiger partial charge in [-0.15, -0.1) is 0 Å². The van der Waals surface area contributed by atoms with Crippen molar-refractivity contribution in [3.63, 3.8) is 0 Å². The van der Waals surface area contributed by atoms with E-state index in [1.165, 1.54) is 12.1 Å². The molecular weight excluding hydrogens is 274 g/mol. The Morgan fingerprint density at radius 2 is 1.80 bits per heavy atom. The van der Waals surface area contributed by atoms with Crippen molar-refractivity contribution in [2.45, 2.75) is 6.54 Å². The second-order valence-corrected chi connectivity index (χ2v) is 5.14. The Bertz CT molecular complexity index is 596. The third-order valence-corrected chi connectivity index (χ3v) is 3.37. The maximum atomic E-state index is 12.1. The van der Waals surface area contributed by atoms with Gasteiger partial charge in [0.2, 0.25) is 0 Å². The molecule has 0 saturated heterocycles. The lowest BCUT2D eigenvalue weighted by Gasteiger charge is -2.16. The fourth-order valence-electron chi connectivity index (χ4n) is 1.96. The molecule has 0 unspecified atom stereocenters. The lowest BCUT2D eigenvalue weighted by molar-refractivity contribution is 0.0943. The van der Waals surface area contributed by atoms with Crippen LogP contribution in [0.3, 0.4) is 0 Å². The third-order valence-electron chi connectivity index (χ3n) is 3.00. The van der Waals surface area contributed by atoms with E-state index in [4.69, 9.17) is 11.6 Å². The van der Waals surface area contributed by atoms with Crippen molar-refractivity contribution in [1.82, 2.24) is 4.90 Å². The van der Waals surface area contributed by atoms with E-state index in [1.54, 1.807) is 12.1 Å². The average molecular weight is 290 g/mol. The van der Waals surface area contributed by atoms with Crippen LogP contribution in [0.2, 0.25) is 5.02 Å². The van der Waals surface area contributed by atoms with Crippen molar-refractivity contribution in [3.05, 3.63) is 64.7 Å². The zero-order chi connectivity index (χ0) is 14.5. The first-order valence-electron chi connectivity index (χ1n) is 6.30. The molecule has 20 heavy (non-hydrogen) atoms. The second kappa shape index (κ2) is 6.55. The quantitative estimate of drug-likeness (QED) is 0.858. The number of hydrogen-bond donors (Lipinski definition) is 1. The van der Waals surface area contributed by atoms with Gasteiger partial charge in [0, 0.05) is 17.1 Å². The molecule has 0 saturated carbocycles. The number of carbonyl (C=O) groups is 1. The molecule has 0 amide bonds. The molecule has 2 aromatic rings. The van der Waals surface area contributed by atoms with Crippen LogP contribution in [0.25, 0.3) is 0 Å². The van der Waals surface area contributed by atoms with Gasteiger partial charge in [0.05, 0.1) is 6.54 Å². The first kappa shape index (κ1) is 14.6. The number of benzene rings is 2. The summed E-state index contributed by atoms with van der Waals surface area (Å²) in [6.07, 6.45) is 0. The number of phenols is 1. The predicted octanol–water partition coefficient (Wildman–Crippen LogP) is 3.36. The van der Waals surface area contributed by atoms with Crippen LogP contribution in [0, 0.1) is 0 Å². The minimum atomic E-state index is 0.0135. The molecule has 0 aromatic heterocycles. The fraction of sp³-hybridized carbons (Fsp3) is 0.188. The molecule has 2 rings (SSSR count). The number of ketones is 1. The van der Waals surface area contributed by atoms with Crippen molar-refractivity contribution >= 4 is 17.4 Å². The largest absolute Gasteiger partial charge is 0.508 e. The van der Waals surface area contributed by atoms with E-state index >= 15 is 0 Å². The fourth-order valence-corrected chi connectivity index (χ4v) is 2.15. The smallest absolute Gasteiger partial charge is 0.176 e. The number of nitrogens with zero attached hydrogens (tertiary/aromatic N) is 1. The number of hydrogen-bond acceptors (Lipinski definition) is 3. The topological polar surface area (TPSA) is 40.5 Å². The van der Waals surface area contributed by atoms with Crippen LogP contribution >= 0.6 is 11.6 Å². The first-order valence-corrected chi connectivity index (χ1v) is 6.68. The normalized spacial score (nSPS) is 10.8. The number of likely N-dealkylation sites (N-methyl/N-ethyl adjacent to an activating group) is 1. The second-order valence-electron chi connectivity index (χ2n) is 4.73. The Balaban J connectivity index is 1.98. The van der Waals surface area contributed by atoms with Gasteiger partial charge in [-0.1, -0.05) is 29.8 Å². The molecule has 0 bridgehead atoms. The summed E-state index contributed by atoms with van der Waals surface area (Å²) in [5.41, 5.74) is 1.59. The zero-order valence-corrected chi connectivity index (χ0v) is 12.0. The Hall–Kier alpha value is -1.84. The minimum Gasteiger partial charge on any atom is -0.508 e. The summed E-state index contributed by atoms with van der Waals surface area (Å²) in [5.74, 6) is 0.172. The molecular formula is C16H16ClNO2. The maximum absolute atomic E-state index is 12.1. The van der Waals surface area contributed by atoms with Crippen molar-refractivity contribution in [3.8, 4) is 5.75 Å². The molecule has 0 spiro atoms. The van der Waals surface area contributed by atoms with Crippen LogP contribution in [0.4, 0.5) is 0 Å². The lowest BCUT2D eigenvalue weighted by atomic mass is 10.1. The van der Waals surface area contributed by atoms with Gasteiger partial charge in [0.15, 0.2) is 5.78 Å². The molecule has 0 aliphatic carbocycles. The SMILES string of the molecule is CN(CC(=O)c1ccc(O)cc1)Cc1ccccc1Cl. The van der Waals surface area contributed by atoms with E-state index in [2.05, 4.69) is 0 Å². The monoisotopic (exact) mass is 289 g/mol. The summed E-state index contributed by atoms with van der Waals surface area (Å²) in [5, 5.41) is 9.91. The van der Waals surface area contributed by atoms with Crippen LogP contribution in [0.15, 0.2) is 48.5 Å². The van der Waals surface area contributed by atoms with Crippen molar-refractivity contribution in [1.29, 1.82) is 0 Å². The van der Waals surface area contributed by atoms with Crippen molar-refractivity contribution < 1.29 is 9.90 Å². The molecule has 0 aliphatic heterocycles. The molecule has 4 heteroatoms. The molecule has 2 aromatic carbocycles. The van der Waals surface area contributed by atoms with Gasteiger partial charge in [-0.2, -0.15) is 0 Å². The Morgan fingerprint density at radius 3 is 2.45 bits per heavy atom. The van der Waals surface area contributed by atoms with Crippen LogP contribution in [-0.2, 0) is 6.54 Å². The van der Waals surface area contributed by atoms with E-state index in [0.717, 1.165) is 5.56 Å². The number of rotatable bonds is 5. The van der Waals surface area contributed by atoms with Crippen LogP contribution in [-0.4, -0.2) is 29.4 Å². The van der Waals surface area contributed by atoms with Gasteiger partial charge in [-0.25, -0.2) is 0 Å². The summed E-state index contributed by atoms with van der Waals surface area (Å²) < 4.78 is 0. The number of carbonyl (C=O) groups excluding carboxylic acids is 1. The number of phenolic OH excluding ortho intramolecular Hbond substituents is 1. The molecule has 0 aliphatic rings. The van der Waals surface area contributed by atoms with E-state index in [9.17, 15) is 9.90 Å². The van der Waals surface area contributed by atoms with Gasteiger partial charge >= 0.3 is 0 Å². The lowest BCUT2D eigenvalue weighted by Crippen LogP contribution is -2.25. The number of Topliss-reactive ketones (excluding diaryl/α,β-unsaturated/α-hetero) is 1. The highest BCUT2D eigenvalue weighted by molar-refractivity contribution is 6.31. The van der Waals surface area contributed by atoms with E-state index in [1.807, 2.05) is 36.2 Å². The number of halogens is 1. The highest BCUT2D eigenvalue weighted by Crippen LogP contribution is 2.17. The standard InChI is InChI=1S/C16H16ClNO2/c1-18(10-13-4-2-3-5-15(13)17)11-16(20)12-6-8-14(19)9-7-12/h2-9,19H,10-11H2,1H3. The first-order chi connectivity index (χ1) is 9.56. The Morgan fingerprint density at radius 1 is 1.15 bits per heavy atom. The van der Waals surface area contributed by atoms with Crippen LogP contribution in [0.5, 0.6) is 5.75 Å². The molecule has 0 fully saturated rings.